The van der Waals surface area contributed by atoms with Crippen molar-refractivity contribution >= 4 is 12.0 Å². The van der Waals surface area contributed by atoms with Gasteiger partial charge in [-0.1, -0.05) is 39.5 Å². The molecule has 0 aliphatic rings. The van der Waals surface area contributed by atoms with E-state index < -0.39 is 0 Å². The second-order valence-electron chi connectivity index (χ2n) is 6.64. The van der Waals surface area contributed by atoms with Gasteiger partial charge in [0.1, 0.15) is 5.75 Å². The standard InChI is InChI=1S/C20H34N2O/c1-7-9-11-18(12-10-8-2)23-20-14-16(3)19(13-17(20)4)21-15-22(5)6/h13-15,18H,7-12H2,1-6H3/b21-15+. The fourth-order valence-corrected chi connectivity index (χ4v) is 2.52. The van der Waals surface area contributed by atoms with Gasteiger partial charge in [-0.05, 0) is 49.9 Å². The number of unbranched alkanes of at least 4 members (excludes halogenated alkanes) is 2. The highest BCUT2D eigenvalue weighted by Crippen LogP contribution is 2.30. The first-order valence-electron chi connectivity index (χ1n) is 8.96. The smallest absolute Gasteiger partial charge is 0.123 e. The van der Waals surface area contributed by atoms with E-state index in [-0.39, 0.29) is 0 Å². The Morgan fingerprint density at radius 3 is 2.17 bits per heavy atom. The van der Waals surface area contributed by atoms with Gasteiger partial charge in [0.05, 0.1) is 18.1 Å². The molecular formula is C20H34N2O. The van der Waals surface area contributed by atoms with Crippen molar-refractivity contribution in [1.82, 2.24) is 4.90 Å². The third-order valence-electron chi connectivity index (χ3n) is 3.97. The van der Waals surface area contributed by atoms with E-state index in [4.69, 9.17) is 4.74 Å². The molecule has 0 unspecified atom stereocenters. The van der Waals surface area contributed by atoms with Crippen LogP contribution in [0.1, 0.15) is 63.5 Å². The van der Waals surface area contributed by atoms with Crippen molar-refractivity contribution in [1.29, 1.82) is 0 Å². The van der Waals surface area contributed by atoms with E-state index in [0.717, 1.165) is 29.8 Å². The molecule has 0 bridgehead atoms. The predicted molar refractivity (Wildman–Crippen MR) is 101 cm³/mol. The molecule has 0 aromatic heterocycles. The summed E-state index contributed by atoms with van der Waals surface area (Å²) in [5.41, 5.74) is 3.34. The molecule has 0 radical (unpaired) electrons. The van der Waals surface area contributed by atoms with Crippen LogP contribution in [0.5, 0.6) is 5.75 Å². The number of hydrogen-bond acceptors (Lipinski definition) is 2. The van der Waals surface area contributed by atoms with Crippen LogP contribution in [0, 0.1) is 13.8 Å². The summed E-state index contributed by atoms with van der Waals surface area (Å²) >= 11 is 0. The molecule has 1 rings (SSSR count). The van der Waals surface area contributed by atoms with Crippen LogP contribution in [0.15, 0.2) is 17.1 Å². The van der Waals surface area contributed by atoms with Crippen LogP contribution in [0.2, 0.25) is 0 Å². The normalized spacial score (nSPS) is 11.4. The average molecular weight is 319 g/mol. The summed E-state index contributed by atoms with van der Waals surface area (Å²) in [5.74, 6) is 1.02. The van der Waals surface area contributed by atoms with Crippen LogP contribution >= 0.6 is 0 Å². The fraction of sp³-hybridized carbons (Fsp3) is 0.650. The molecule has 1 aromatic carbocycles. The number of aryl methyl sites for hydroxylation is 2. The highest BCUT2D eigenvalue weighted by molar-refractivity contribution is 5.64. The Kier molecular flexibility index (Phi) is 8.75. The van der Waals surface area contributed by atoms with Gasteiger partial charge in [0.2, 0.25) is 0 Å². The monoisotopic (exact) mass is 318 g/mol. The average Bonchev–Trinajstić information content (AvgIpc) is 2.51. The van der Waals surface area contributed by atoms with Gasteiger partial charge in [0.25, 0.3) is 0 Å². The van der Waals surface area contributed by atoms with Crippen LogP contribution in [0.3, 0.4) is 0 Å². The summed E-state index contributed by atoms with van der Waals surface area (Å²) in [4.78, 5) is 6.48. The third-order valence-corrected chi connectivity index (χ3v) is 3.97. The molecule has 0 N–H and O–H groups in total. The molecule has 0 aliphatic carbocycles. The van der Waals surface area contributed by atoms with E-state index >= 15 is 0 Å². The number of ether oxygens (including phenoxy) is 1. The third kappa shape index (κ3) is 7.06. The maximum absolute atomic E-state index is 6.35. The molecule has 0 amide bonds. The van der Waals surface area contributed by atoms with Crippen molar-refractivity contribution in [3.8, 4) is 5.75 Å². The molecule has 0 saturated carbocycles. The highest BCUT2D eigenvalue weighted by atomic mass is 16.5. The van der Waals surface area contributed by atoms with Crippen LogP contribution in [0.4, 0.5) is 5.69 Å². The van der Waals surface area contributed by atoms with E-state index in [1.165, 1.54) is 31.2 Å². The molecule has 0 aliphatic heterocycles. The molecular weight excluding hydrogens is 284 g/mol. The highest BCUT2D eigenvalue weighted by Gasteiger charge is 2.12. The Balaban J connectivity index is 2.87. The number of nitrogens with zero attached hydrogens (tertiary/aromatic N) is 2. The zero-order chi connectivity index (χ0) is 17.2. The van der Waals surface area contributed by atoms with Gasteiger partial charge in [0.15, 0.2) is 0 Å². The maximum Gasteiger partial charge on any atom is 0.123 e. The summed E-state index contributed by atoms with van der Waals surface area (Å²) in [7, 11) is 3.96. The Bertz CT molecular complexity index is 487. The zero-order valence-corrected chi connectivity index (χ0v) is 15.9. The lowest BCUT2D eigenvalue weighted by atomic mass is 10.1. The lowest BCUT2D eigenvalue weighted by molar-refractivity contribution is 0.173. The summed E-state index contributed by atoms with van der Waals surface area (Å²) in [6.07, 6.45) is 9.39. The molecule has 130 valence electrons. The summed E-state index contributed by atoms with van der Waals surface area (Å²) in [6, 6.07) is 4.27. The van der Waals surface area contributed by atoms with Crippen molar-refractivity contribution in [2.45, 2.75) is 72.3 Å². The van der Waals surface area contributed by atoms with E-state index in [9.17, 15) is 0 Å². The van der Waals surface area contributed by atoms with E-state index in [1.54, 1.807) is 0 Å². The van der Waals surface area contributed by atoms with Gasteiger partial charge in [-0.3, -0.25) is 0 Å². The lowest BCUT2D eigenvalue weighted by Crippen LogP contribution is -2.17. The Morgan fingerprint density at radius 2 is 1.65 bits per heavy atom. The minimum atomic E-state index is 0.337. The second-order valence-corrected chi connectivity index (χ2v) is 6.64. The van der Waals surface area contributed by atoms with Crippen molar-refractivity contribution < 1.29 is 4.74 Å². The van der Waals surface area contributed by atoms with Crippen LogP contribution in [0.25, 0.3) is 0 Å². The Morgan fingerprint density at radius 1 is 1.04 bits per heavy atom. The largest absolute Gasteiger partial charge is 0.490 e. The summed E-state index contributed by atoms with van der Waals surface area (Å²) in [5, 5.41) is 0. The SMILES string of the molecule is CCCCC(CCCC)Oc1cc(C)c(/N=C/N(C)C)cc1C. The van der Waals surface area contributed by atoms with Gasteiger partial charge >= 0.3 is 0 Å². The molecule has 3 heteroatoms. The topological polar surface area (TPSA) is 24.8 Å². The molecule has 1 aromatic rings. The quantitative estimate of drug-likeness (QED) is 0.411. The van der Waals surface area contributed by atoms with Crippen molar-refractivity contribution in [3.63, 3.8) is 0 Å². The van der Waals surface area contributed by atoms with Gasteiger partial charge in [-0.25, -0.2) is 4.99 Å². The Hall–Kier alpha value is -1.51. The van der Waals surface area contributed by atoms with E-state index in [0.29, 0.717) is 6.10 Å². The minimum Gasteiger partial charge on any atom is -0.490 e. The van der Waals surface area contributed by atoms with Crippen molar-refractivity contribution in [2.75, 3.05) is 14.1 Å². The first-order chi connectivity index (χ1) is 11.0. The molecule has 0 saturated heterocycles. The van der Waals surface area contributed by atoms with Gasteiger partial charge < -0.3 is 9.64 Å². The first kappa shape index (κ1) is 19.5. The van der Waals surface area contributed by atoms with E-state index in [2.05, 4.69) is 44.8 Å². The summed E-state index contributed by atoms with van der Waals surface area (Å²) in [6.45, 7) is 8.69. The molecule has 0 atom stereocenters. The van der Waals surface area contributed by atoms with Crippen molar-refractivity contribution in [3.05, 3.63) is 23.3 Å². The van der Waals surface area contributed by atoms with Gasteiger partial charge in [0, 0.05) is 14.1 Å². The number of hydrogen-bond donors (Lipinski definition) is 0. The van der Waals surface area contributed by atoms with Crippen LogP contribution in [-0.4, -0.2) is 31.4 Å². The molecule has 0 heterocycles. The number of aliphatic imine (C=N–C) groups is 1. The van der Waals surface area contributed by atoms with Gasteiger partial charge in [-0.2, -0.15) is 0 Å². The van der Waals surface area contributed by atoms with E-state index in [1.807, 2.05) is 25.3 Å². The molecule has 3 nitrogen and oxygen atoms in total. The predicted octanol–water partition coefficient (Wildman–Crippen LogP) is 5.65. The molecule has 23 heavy (non-hydrogen) atoms. The molecule has 0 fully saturated rings. The van der Waals surface area contributed by atoms with Crippen molar-refractivity contribution in [2.24, 2.45) is 4.99 Å². The zero-order valence-electron chi connectivity index (χ0n) is 15.9. The minimum absolute atomic E-state index is 0.337. The Labute approximate surface area is 142 Å². The first-order valence-corrected chi connectivity index (χ1v) is 8.96. The summed E-state index contributed by atoms with van der Waals surface area (Å²) < 4.78 is 6.35. The number of rotatable bonds is 10. The fourth-order valence-electron chi connectivity index (χ4n) is 2.52. The maximum atomic E-state index is 6.35. The lowest BCUT2D eigenvalue weighted by Gasteiger charge is -2.21. The number of benzene rings is 1. The van der Waals surface area contributed by atoms with Gasteiger partial charge in [-0.15, -0.1) is 0 Å². The molecule has 0 spiro atoms. The van der Waals surface area contributed by atoms with Crippen LogP contribution < -0.4 is 4.74 Å². The van der Waals surface area contributed by atoms with Crippen LogP contribution in [-0.2, 0) is 0 Å². The second kappa shape index (κ2) is 10.3.